The van der Waals surface area contributed by atoms with Crippen LogP contribution in [0.3, 0.4) is 0 Å². The van der Waals surface area contributed by atoms with Crippen LogP contribution in [0, 0.1) is 10.1 Å². The zero-order valence-electron chi connectivity index (χ0n) is 11.4. The van der Waals surface area contributed by atoms with Gasteiger partial charge in [-0.15, -0.1) is 0 Å². The normalized spacial score (nSPS) is 16.4. The molecule has 0 atom stereocenters. The van der Waals surface area contributed by atoms with E-state index in [4.69, 9.17) is 0 Å². The number of carbonyl (C=O) groups is 2. The molecule has 0 unspecified atom stereocenters. The molecule has 0 aliphatic heterocycles. The van der Waals surface area contributed by atoms with E-state index in [2.05, 4.69) is 5.32 Å². The molecule has 1 saturated carbocycles. The first-order valence-electron chi connectivity index (χ1n) is 6.71. The third-order valence-corrected chi connectivity index (χ3v) is 3.73. The lowest BCUT2D eigenvalue weighted by Gasteiger charge is -2.25. The number of nitrogens with one attached hydrogen (secondary N) is 1. The Morgan fingerprint density at radius 2 is 2.00 bits per heavy atom. The Morgan fingerprint density at radius 3 is 2.57 bits per heavy atom. The third kappa shape index (κ3) is 3.36. The number of nitro benzene ring substituents is 1. The highest BCUT2D eigenvalue weighted by atomic mass is 16.6. The lowest BCUT2D eigenvalue weighted by atomic mass is 9.97. The minimum Gasteiger partial charge on any atom is -0.480 e. The van der Waals surface area contributed by atoms with Gasteiger partial charge in [-0.1, -0.05) is 25.0 Å². The van der Waals surface area contributed by atoms with Crippen molar-refractivity contribution >= 4 is 17.6 Å². The molecular weight excluding hydrogens is 276 g/mol. The van der Waals surface area contributed by atoms with Gasteiger partial charge in [-0.25, -0.2) is 4.79 Å². The highest BCUT2D eigenvalue weighted by Crippen LogP contribution is 2.30. The number of benzene rings is 1. The summed E-state index contributed by atoms with van der Waals surface area (Å²) in [6.45, 7) is 0. The Bertz CT molecular complexity index is 578. The maximum Gasteiger partial charge on any atom is 0.329 e. The van der Waals surface area contributed by atoms with Gasteiger partial charge in [-0.3, -0.25) is 14.9 Å². The highest BCUT2D eigenvalue weighted by Gasteiger charge is 2.42. The molecule has 21 heavy (non-hydrogen) atoms. The summed E-state index contributed by atoms with van der Waals surface area (Å²) < 4.78 is 0. The molecule has 2 N–H and O–H groups in total. The third-order valence-electron chi connectivity index (χ3n) is 3.73. The topological polar surface area (TPSA) is 110 Å². The molecule has 0 saturated heterocycles. The monoisotopic (exact) mass is 292 g/mol. The second kappa shape index (κ2) is 5.90. The molecule has 0 bridgehead atoms. The quantitative estimate of drug-likeness (QED) is 0.633. The van der Waals surface area contributed by atoms with E-state index >= 15 is 0 Å². The van der Waals surface area contributed by atoms with E-state index in [1.54, 1.807) is 6.07 Å². The van der Waals surface area contributed by atoms with Crippen molar-refractivity contribution < 1.29 is 19.6 Å². The van der Waals surface area contributed by atoms with E-state index in [-0.39, 0.29) is 12.1 Å². The molecule has 1 fully saturated rings. The first-order valence-corrected chi connectivity index (χ1v) is 6.71. The Hall–Kier alpha value is -2.44. The summed E-state index contributed by atoms with van der Waals surface area (Å²) in [5.74, 6) is -1.45. The number of carboxylic acid groups (broad SMARTS) is 1. The summed E-state index contributed by atoms with van der Waals surface area (Å²) in [6.07, 6.45) is 2.30. The van der Waals surface area contributed by atoms with E-state index in [0.717, 1.165) is 12.8 Å². The van der Waals surface area contributed by atoms with Gasteiger partial charge in [0.1, 0.15) is 5.54 Å². The van der Waals surface area contributed by atoms with Gasteiger partial charge in [-0.05, 0) is 18.4 Å². The first kappa shape index (κ1) is 15.0. The van der Waals surface area contributed by atoms with Gasteiger partial charge in [0.05, 0.1) is 11.3 Å². The average Bonchev–Trinajstić information content (AvgIpc) is 2.88. The van der Waals surface area contributed by atoms with Crippen LogP contribution < -0.4 is 5.32 Å². The van der Waals surface area contributed by atoms with Crippen LogP contribution in [-0.4, -0.2) is 27.4 Å². The summed E-state index contributed by atoms with van der Waals surface area (Å²) in [5.41, 5.74) is -0.785. The Morgan fingerprint density at radius 1 is 1.33 bits per heavy atom. The summed E-state index contributed by atoms with van der Waals surface area (Å²) >= 11 is 0. The summed E-state index contributed by atoms with van der Waals surface area (Å²) in [7, 11) is 0. The fourth-order valence-electron chi connectivity index (χ4n) is 2.65. The standard InChI is InChI=1S/C14H16N2O5/c17-12(15-14(13(18)19)6-1-2-7-14)9-10-4-3-5-11(8-10)16(20)21/h3-5,8H,1-2,6-7,9H2,(H,15,17)(H,18,19). The molecular formula is C14H16N2O5. The number of carboxylic acids is 1. The number of nitrogens with zero attached hydrogens (tertiary/aromatic N) is 1. The van der Waals surface area contributed by atoms with Gasteiger partial charge >= 0.3 is 5.97 Å². The lowest BCUT2D eigenvalue weighted by Crippen LogP contribution is -2.52. The van der Waals surface area contributed by atoms with Crippen molar-refractivity contribution in [3.05, 3.63) is 39.9 Å². The molecule has 7 nitrogen and oxygen atoms in total. The van der Waals surface area contributed by atoms with Crippen LogP contribution in [0.15, 0.2) is 24.3 Å². The summed E-state index contributed by atoms with van der Waals surface area (Å²) in [5, 5.41) is 22.6. The van der Waals surface area contributed by atoms with Crippen LogP contribution in [0.1, 0.15) is 31.2 Å². The van der Waals surface area contributed by atoms with Crippen molar-refractivity contribution in [1.29, 1.82) is 0 Å². The minimum absolute atomic E-state index is 0.0727. The van der Waals surface area contributed by atoms with Gasteiger partial charge in [0.2, 0.25) is 5.91 Å². The Kier molecular flexibility index (Phi) is 4.21. The SMILES string of the molecule is O=C(Cc1cccc([N+](=O)[O-])c1)NC1(C(=O)O)CCCC1. The molecule has 0 heterocycles. The molecule has 0 spiro atoms. The number of aliphatic carboxylic acids is 1. The molecule has 2 rings (SSSR count). The Labute approximate surface area is 121 Å². The van der Waals surface area contributed by atoms with E-state index < -0.39 is 22.3 Å². The number of carbonyl (C=O) groups excluding carboxylic acids is 1. The number of non-ortho nitro benzene ring substituents is 1. The van der Waals surface area contributed by atoms with Crippen molar-refractivity contribution in [2.75, 3.05) is 0 Å². The van der Waals surface area contributed by atoms with Crippen molar-refractivity contribution in [3.8, 4) is 0 Å². The zero-order valence-corrected chi connectivity index (χ0v) is 11.4. The molecule has 0 aromatic heterocycles. The van der Waals surface area contributed by atoms with Gasteiger partial charge in [0, 0.05) is 12.1 Å². The molecule has 112 valence electrons. The number of rotatable bonds is 5. The van der Waals surface area contributed by atoms with Gasteiger partial charge < -0.3 is 10.4 Å². The number of amides is 1. The largest absolute Gasteiger partial charge is 0.480 e. The smallest absolute Gasteiger partial charge is 0.329 e. The Balaban J connectivity index is 2.06. The van der Waals surface area contributed by atoms with Crippen LogP contribution in [-0.2, 0) is 16.0 Å². The molecule has 0 radical (unpaired) electrons. The molecule has 1 aromatic carbocycles. The van der Waals surface area contributed by atoms with E-state index in [1.807, 2.05) is 0 Å². The summed E-state index contributed by atoms with van der Waals surface area (Å²) in [4.78, 5) is 33.5. The predicted octanol–water partition coefficient (Wildman–Crippen LogP) is 1.65. The van der Waals surface area contributed by atoms with E-state index in [0.29, 0.717) is 18.4 Å². The number of nitro groups is 1. The minimum atomic E-state index is -1.18. The van der Waals surface area contributed by atoms with Crippen LogP contribution in [0.4, 0.5) is 5.69 Å². The molecule has 7 heteroatoms. The second-order valence-corrected chi connectivity index (χ2v) is 5.25. The maximum absolute atomic E-state index is 12.0. The van der Waals surface area contributed by atoms with Gasteiger partial charge in [-0.2, -0.15) is 0 Å². The van der Waals surface area contributed by atoms with Gasteiger partial charge in [0.15, 0.2) is 0 Å². The predicted molar refractivity (Wildman–Crippen MR) is 73.8 cm³/mol. The fourth-order valence-corrected chi connectivity index (χ4v) is 2.65. The maximum atomic E-state index is 12.0. The molecule has 1 aliphatic carbocycles. The van der Waals surface area contributed by atoms with Crippen molar-refractivity contribution in [2.24, 2.45) is 0 Å². The van der Waals surface area contributed by atoms with Crippen LogP contribution in [0.5, 0.6) is 0 Å². The summed E-state index contributed by atoms with van der Waals surface area (Å²) in [6, 6.07) is 5.77. The number of hydrogen-bond donors (Lipinski definition) is 2. The highest BCUT2D eigenvalue weighted by molar-refractivity contribution is 5.88. The second-order valence-electron chi connectivity index (χ2n) is 5.25. The van der Waals surface area contributed by atoms with Crippen molar-refractivity contribution in [1.82, 2.24) is 5.32 Å². The van der Waals surface area contributed by atoms with Crippen molar-refractivity contribution in [2.45, 2.75) is 37.6 Å². The lowest BCUT2D eigenvalue weighted by molar-refractivity contribution is -0.384. The van der Waals surface area contributed by atoms with Crippen LogP contribution in [0.2, 0.25) is 0 Å². The molecule has 1 amide bonds. The average molecular weight is 292 g/mol. The zero-order chi connectivity index (χ0) is 15.5. The van der Waals surface area contributed by atoms with E-state index in [1.165, 1.54) is 18.2 Å². The van der Waals surface area contributed by atoms with Crippen LogP contribution in [0.25, 0.3) is 0 Å². The van der Waals surface area contributed by atoms with Crippen LogP contribution >= 0.6 is 0 Å². The first-order chi connectivity index (χ1) is 9.93. The molecule has 1 aromatic rings. The fraction of sp³-hybridized carbons (Fsp3) is 0.429. The van der Waals surface area contributed by atoms with Crippen molar-refractivity contribution in [3.63, 3.8) is 0 Å². The van der Waals surface area contributed by atoms with E-state index in [9.17, 15) is 24.8 Å². The van der Waals surface area contributed by atoms with Gasteiger partial charge in [0.25, 0.3) is 5.69 Å². The number of hydrogen-bond acceptors (Lipinski definition) is 4. The molecule has 1 aliphatic rings.